The van der Waals surface area contributed by atoms with Crippen molar-refractivity contribution in [2.45, 2.75) is 0 Å². The minimum Gasteiger partial charge on any atom is -0.487 e. The number of hydrogen-bond donors (Lipinski definition) is 1. The molecule has 1 amide bonds. The molecule has 1 aromatic carbocycles. The Morgan fingerprint density at radius 3 is 1.96 bits per heavy atom. The van der Waals surface area contributed by atoms with Crippen molar-refractivity contribution in [3.8, 4) is 11.5 Å². The summed E-state index contributed by atoms with van der Waals surface area (Å²) in [5.41, 5.74) is 5.90. The molecule has 0 radical (unpaired) electrons. The first kappa shape index (κ1) is 18.3. The third-order valence-electron chi connectivity index (χ3n) is 3.12. The molecule has 132 valence electrons. The van der Waals surface area contributed by atoms with Gasteiger partial charge in [0.25, 0.3) is 0 Å². The molecule has 0 aromatic heterocycles. The van der Waals surface area contributed by atoms with E-state index in [0.29, 0.717) is 64.4 Å². The molecular formula is C17H23NO6. The third kappa shape index (κ3) is 6.99. The van der Waals surface area contributed by atoms with Crippen LogP contribution >= 0.6 is 0 Å². The summed E-state index contributed by atoms with van der Waals surface area (Å²) in [6, 6.07) is 5.40. The summed E-state index contributed by atoms with van der Waals surface area (Å²) >= 11 is 0. The lowest BCUT2D eigenvalue weighted by Crippen LogP contribution is -2.13. The Morgan fingerprint density at radius 2 is 1.38 bits per heavy atom. The highest BCUT2D eigenvalue weighted by Crippen LogP contribution is 2.29. The highest BCUT2D eigenvalue weighted by Gasteiger charge is 2.07. The SMILES string of the molecule is NC(=O)/C=C/c1ccc2c(c1)OCCOCCOCCOCCO2. The molecule has 0 bridgehead atoms. The molecule has 0 unspecified atom stereocenters. The van der Waals surface area contributed by atoms with E-state index in [1.54, 1.807) is 18.2 Å². The maximum absolute atomic E-state index is 10.8. The summed E-state index contributed by atoms with van der Waals surface area (Å²) < 4.78 is 27.6. The number of carbonyl (C=O) groups excluding carboxylic acids is 1. The van der Waals surface area contributed by atoms with Gasteiger partial charge in [0.05, 0.1) is 39.6 Å². The van der Waals surface area contributed by atoms with E-state index in [1.807, 2.05) is 6.07 Å². The van der Waals surface area contributed by atoms with Crippen molar-refractivity contribution >= 4 is 12.0 Å². The summed E-state index contributed by atoms with van der Waals surface area (Å²) in [7, 11) is 0. The van der Waals surface area contributed by atoms with Crippen LogP contribution in [0, 0.1) is 0 Å². The molecule has 0 saturated carbocycles. The molecule has 2 N–H and O–H groups in total. The Balaban J connectivity index is 2.04. The van der Waals surface area contributed by atoms with Gasteiger partial charge in [-0.15, -0.1) is 0 Å². The molecule has 1 aliphatic rings. The highest BCUT2D eigenvalue weighted by molar-refractivity contribution is 5.90. The van der Waals surface area contributed by atoms with Gasteiger partial charge in [-0.25, -0.2) is 0 Å². The lowest BCUT2D eigenvalue weighted by Gasteiger charge is -2.13. The number of hydrogen-bond acceptors (Lipinski definition) is 6. The first-order chi connectivity index (χ1) is 11.8. The van der Waals surface area contributed by atoms with Gasteiger partial charge in [0.2, 0.25) is 5.91 Å². The number of amides is 1. The van der Waals surface area contributed by atoms with Gasteiger partial charge in [-0.1, -0.05) is 6.07 Å². The van der Waals surface area contributed by atoms with Gasteiger partial charge in [0.15, 0.2) is 11.5 Å². The predicted octanol–water partition coefficient (Wildman–Crippen LogP) is 1.01. The Labute approximate surface area is 141 Å². The van der Waals surface area contributed by atoms with Crippen LogP contribution in [0.2, 0.25) is 0 Å². The average Bonchev–Trinajstić information content (AvgIpc) is 2.58. The molecule has 7 nitrogen and oxygen atoms in total. The van der Waals surface area contributed by atoms with Crippen LogP contribution in [0.15, 0.2) is 24.3 Å². The molecule has 0 fully saturated rings. The number of rotatable bonds is 2. The number of ether oxygens (including phenoxy) is 5. The zero-order chi connectivity index (χ0) is 17.0. The summed E-state index contributed by atoms with van der Waals surface area (Å²) in [4.78, 5) is 10.8. The van der Waals surface area contributed by atoms with Crippen LogP contribution in [0.25, 0.3) is 6.08 Å². The van der Waals surface area contributed by atoms with Gasteiger partial charge in [-0.05, 0) is 23.8 Å². The molecule has 2 rings (SSSR count). The Kier molecular flexibility index (Phi) is 8.09. The first-order valence-electron chi connectivity index (χ1n) is 7.86. The van der Waals surface area contributed by atoms with E-state index in [1.165, 1.54) is 6.08 Å². The van der Waals surface area contributed by atoms with Crippen LogP contribution in [-0.2, 0) is 19.0 Å². The molecule has 0 spiro atoms. The van der Waals surface area contributed by atoms with Gasteiger partial charge in [-0.3, -0.25) is 4.79 Å². The van der Waals surface area contributed by atoms with Crippen molar-refractivity contribution in [1.29, 1.82) is 0 Å². The predicted molar refractivity (Wildman–Crippen MR) is 88.1 cm³/mol. The monoisotopic (exact) mass is 337 g/mol. The summed E-state index contributed by atoms with van der Waals surface area (Å²) in [6.07, 6.45) is 2.92. The van der Waals surface area contributed by atoms with E-state index in [4.69, 9.17) is 29.4 Å². The molecule has 1 aromatic rings. The van der Waals surface area contributed by atoms with Crippen molar-refractivity contribution in [2.75, 3.05) is 52.9 Å². The van der Waals surface area contributed by atoms with E-state index in [0.717, 1.165) is 5.56 Å². The molecule has 0 atom stereocenters. The second kappa shape index (κ2) is 10.6. The van der Waals surface area contributed by atoms with Gasteiger partial charge >= 0.3 is 0 Å². The van der Waals surface area contributed by atoms with E-state index in [-0.39, 0.29) is 0 Å². The number of nitrogens with two attached hydrogens (primary N) is 1. The van der Waals surface area contributed by atoms with Crippen LogP contribution in [0.3, 0.4) is 0 Å². The van der Waals surface area contributed by atoms with Crippen molar-refractivity contribution in [3.05, 3.63) is 29.8 Å². The van der Waals surface area contributed by atoms with Crippen LogP contribution in [0.5, 0.6) is 11.5 Å². The van der Waals surface area contributed by atoms with Gasteiger partial charge in [0.1, 0.15) is 13.2 Å². The second-order valence-corrected chi connectivity index (χ2v) is 4.98. The van der Waals surface area contributed by atoms with Crippen molar-refractivity contribution in [1.82, 2.24) is 0 Å². The Hall–Kier alpha value is -2.09. The maximum atomic E-state index is 10.8. The van der Waals surface area contributed by atoms with Crippen LogP contribution in [-0.4, -0.2) is 58.8 Å². The fourth-order valence-corrected chi connectivity index (χ4v) is 2.00. The molecular weight excluding hydrogens is 314 g/mol. The quantitative estimate of drug-likeness (QED) is 0.810. The fourth-order valence-electron chi connectivity index (χ4n) is 2.00. The molecule has 0 saturated heterocycles. The number of fused-ring (bicyclic) bond motifs is 1. The first-order valence-corrected chi connectivity index (χ1v) is 7.86. The Morgan fingerprint density at radius 1 is 0.833 bits per heavy atom. The third-order valence-corrected chi connectivity index (χ3v) is 3.12. The topological polar surface area (TPSA) is 89.2 Å². The fraction of sp³-hybridized carbons (Fsp3) is 0.471. The minimum absolute atomic E-state index is 0.385. The maximum Gasteiger partial charge on any atom is 0.241 e. The largest absolute Gasteiger partial charge is 0.487 e. The second-order valence-electron chi connectivity index (χ2n) is 4.98. The van der Waals surface area contributed by atoms with Crippen molar-refractivity contribution in [3.63, 3.8) is 0 Å². The zero-order valence-corrected chi connectivity index (χ0v) is 13.6. The van der Waals surface area contributed by atoms with Crippen molar-refractivity contribution < 1.29 is 28.5 Å². The number of benzene rings is 1. The van der Waals surface area contributed by atoms with Gasteiger partial charge in [-0.2, -0.15) is 0 Å². The van der Waals surface area contributed by atoms with E-state index < -0.39 is 5.91 Å². The lowest BCUT2D eigenvalue weighted by atomic mass is 10.2. The van der Waals surface area contributed by atoms with E-state index in [9.17, 15) is 4.79 Å². The molecule has 1 heterocycles. The van der Waals surface area contributed by atoms with Crippen molar-refractivity contribution in [2.24, 2.45) is 5.73 Å². The van der Waals surface area contributed by atoms with E-state index in [2.05, 4.69) is 0 Å². The van der Waals surface area contributed by atoms with Gasteiger partial charge in [0, 0.05) is 6.08 Å². The normalized spacial score (nSPS) is 17.8. The number of carbonyl (C=O) groups is 1. The van der Waals surface area contributed by atoms with Crippen LogP contribution < -0.4 is 15.2 Å². The highest BCUT2D eigenvalue weighted by atomic mass is 16.6. The minimum atomic E-state index is -0.504. The summed E-state index contributed by atoms with van der Waals surface area (Å²) in [5, 5.41) is 0. The van der Waals surface area contributed by atoms with E-state index >= 15 is 0 Å². The van der Waals surface area contributed by atoms with Crippen LogP contribution in [0.1, 0.15) is 5.56 Å². The summed E-state index contributed by atoms with van der Waals surface area (Å²) in [6.45, 7) is 3.78. The molecule has 7 heteroatoms. The lowest BCUT2D eigenvalue weighted by molar-refractivity contribution is -0.113. The Bertz CT molecular complexity index is 546. The zero-order valence-electron chi connectivity index (χ0n) is 13.6. The molecule has 1 aliphatic heterocycles. The van der Waals surface area contributed by atoms with Gasteiger partial charge < -0.3 is 29.4 Å². The number of primary amides is 1. The van der Waals surface area contributed by atoms with Crippen LogP contribution in [0.4, 0.5) is 0 Å². The molecule has 0 aliphatic carbocycles. The molecule has 24 heavy (non-hydrogen) atoms. The summed E-state index contributed by atoms with van der Waals surface area (Å²) in [5.74, 6) is 0.688. The smallest absolute Gasteiger partial charge is 0.241 e. The standard InChI is InChI=1S/C17H23NO6/c18-17(19)4-2-14-1-3-15-16(13-14)24-12-10-22-8-6-20-5-7-21-9-11-23-15/h1-4,13H,5-12H2,(H2,18,19)/b4-2+. The average molecular weight is 337 g/mol.